The molecular formula is C21H24N2O4. The van der Waals surface area contributed by atoms with Gasteiger partial charge >= 0.3 is 11.9 Å². The van der Waals surface area contributed by atoms with E-state index in [0.717, 1.165) is 38.2 Å². The first-order valence-corrected chi connectivity index (χ1v) is 9.03. The number of aromatic nitrogens is 1. The molecule has 1 unspecified atom stereocenters. The first-order valence-electron chi connectivity index (χ1n) is 9.03. The number of nitrogens with zero attached hydrogens (tertiary/aromatic N) is 2. The Morgan fingerprint density at radius 3 is 2.52 bits per heavy atom. The van der Waals surface area contributed by atoms with E-state index in [2.05, 4.69) is 9.88 Å². The Hall–Kier alpha value is -2.73. The SMILES string of the molecule is COC(=O)c1ccc(CC2CCN(Cc3cccc(C(=O)OC)n3)C2)cc1. The largest absolute Gasteiger partial charge is 0.465 e. The molecule has 0 spiro atoms. The highest BCUT2D eigenvalue weighted by atomic mass is 16.5. The average molecular weight is 368 g/mol. The summed E-state index contributed by atoms with van der Waals surface area (Å²) in [6.45, 7) is 2.72. The molecule has 0 N–H and O–H groups in total. The molecular weight excluding hydrogens is 344 g/mol. The third-order valence-corrected chi connectivity index (χ3v) is 4.86. The third-order valence-electron chi connectivity index (χ3n) is 4.86. The van der Waals surface area contributed by atoms with Crippen LogP contribution in [-0.4, -0.2) is 49.1 Å². The van der Waals surface area contributed by atoms with Gasteiger partial charge in [0.2, 0.25) is 0 Å². The molecule has 1 aromatic heterocycles. The standard InChI is InChI=1S/C21H24N2O4/c1-26-20(24)17-8-6-15(7-9-17)12-16-10-11-23(13-16)14-18-4-3-5-19(22-18)21(25)27-2/h3-9,16H,10-14H2,1-2H3. The van der Waals surface area contributed by atoms with Gasteiger partial charge in [-0.05, 0) is 55.1 Å². The molecule has 6 heteroatoms. The zero-order chi connectivity index (χ0) is 19.2. The maximum atomic E-state index is 11.6. The minimum absolute atomic E-state index is 0.310. The molecule has 0 radical (unpaired) electrons. The number of likely N-dealkylation sites (tertiary alicyclic amines) is 1. The van der Waals surface area contributed by atoms with Gasteiger partial charge in [-0.15, -0.1) is 0 Å². The lowest BCUT2D eigenvalue weighted by Crippen LogP contribution is -2.21. The summed E-state index contributed by atoms with van der Waals surface area (Å²) in [5.41, 5.74) is 3.02. The van der Waals surface area contributed by atoms with Gasteiger partial charge in [-0.2, -0.15) is 0 Å². The van der Waals surface area contributed by atoms with E-state index in [0.29, 0.717) is 17.2 Å². The van der Waals surface area contributed by atoms with Crippen LogP contribution in [0, 0.1) is 5.92 Å². The van der Waals surface area contributed by atoms with Crippen LogP contribution in [0.4, 0.5) is 0 Å². The molecule has 0 amide bonds. The number of ether oxygens (including phenoxy) is 2. The Morgan fingerprint density at radius 2 is 1.81 bits per heavy atom. The normalized spacial score (nSPS) is 16.9. The Kier molecular flexibility index (Phi) is 6.19. The van der Waals surface area contributed by atoms with Gasteiger partial charge in [0.05, 0.1) is 25.5 Å². The van der Waals surface area contributed by atoms with Crippen LogP contribution in [0.3, 0.4) is 0 Å². The van der Waals surface area contributed by atoms with Crippen molar-refractivity contribution in [3.05, 3.63) is 65.0 Å². The number of benzene rings is 1. The average Bonchev–Trinajstić information content (AvgIpc) is 3.14. The molecule has 27 heavy (non-hydrogen) atoms. The zero-order valence-corrected chi connectivity index (χ0v) is 15.7. The number of pyridine rings is 1. The van der Waals surface area contributed by atoms with Crippen LogP contribution < -0.4 is 0 Å². The minimum Gasteiger partial charge on any atom is -0.465 e. The van der Waals surface area contributed by atoms with Crippen LogP contribution in [0.1, 0.15) is 38.5 Å². The van der Waals surface area contributed by atoms with Crippen molar-refractivity contribution in [2.24, 2.45) is 5.92 Å². The van der Waals surface area contributed by atoms with Gasteiger partial charge in [-0.1, -0.05) is 18.2 Å². The Labute approximate surface area is 159 Å². The monoisotopic (exact) mass is 368 g/mol. The van der Waals surface area contributed by atoms with Crippen LogP contribution in [0.25, 0.3) is 0 Å². The molecule has 1 atom stereocenters. The number of hydrogen-bond acceptors (Lipinski definition) is 6. The second-order valence-corrected chi connectivity index (χ2v) is 6.79. The summed E-state index contributed by atoms with van der Waals surface area (Å²) in [5, 5.41) is 0. The quantitative estimate of drug-likeness (QED) is 0.731. The van der Waals surface area contributed by atoms with Crippen molar-refractivity contribution in [2.45, 2.75) is 19.4 Å². The van der Waals surface area contributed by atoms with Gasteiger partial charge in [-0.25, -0.2) is 14.6 Å². The topological polar surface area (TPSA) is 68.7 Å². The number of methoxy groups -OCH3 is 2. The van der Waals surface area contributed by atoms with Gasteiger partial charge in [0.1, 0.15) is 5.69 Å². The Balaban J connectivity index is 1.54. The summed E-state index contributed by atoms with van der Waals surface area (Å²) in [5.74, 6) is -0.153. The van der Waals surface area contributed by atoms with Crippen LogP contribution in [-0.2, 0) is 22.4 Å². The highest BCUT2D eigenvalue weighted by molar-refractivity contribution is 5.89. The number of carbonyl (C=O) groups is 2. The fraction of sp³-hybridized carbons (Fsp3) is 0.381. The molecule has 142 valence electrons. The fourth-order valence-corrected chi connectivity index (χ4v) is 3.47. The predicted octanol–water partition coefficient (Wildman–Crippen LogP) is 2.72. The molecule has 1 aliphatic heterocycles. The molecule has 1 saturated heterocycles. The predicted molar refractivity (Wildman–Crippen MR) is 100 cm³/mol. The van der Waals surface area contributed by atoms with Crippen LogP contribution in [0.2, 0.25) is 0 Å². The number of esters is 2. The second kappa shape index (κ2) is 8.77. The molecule has 0 aliphatic carbocycles. The van der Waals surface area contributed by atoms with E-state index in [1.54, 1.807) is 6.07 Å². The maximum absolute atomic E-state index is 11.6. The van der Waals surface area contributed by atoms with Crippen LogP contribution in [0.5, 0.6) is 0 Å². The summed E-state index contributed by atoms with van der Waals surface area (Å²) >= 11 is 0. The molecule has 0 bridgehead atoms. The van der Waals surface area contributed by atoms with E-state index in [9.17, 15) is 9.59 Å². The maximum Gasteiger partial charge on any atom is 0.356 e. The first kappa shape index (κ1) is 19.0. The lowest BCUT2D eigenvalue weighted by atomic mass is 9.98. The Bertz CT molecular complexity index is 804. The van der Waals surface area contributed by atoms with Crippen molar-refractivity contribution >= 4 is 11.9 Å². The summed E-state index contributed by atoms with van der Waals surface area (Å²) in [6.07, 6.45) is 2.10. The second-order valence-electron chi connectivity index (χ2n) is 6.79. The van der Waals surface area contributed by atoms with Crippen molar-refractivity contribution in [3.63, 3.8) is 0 Å². The van der Waals surface area contributed by atoms with Crippen LogP contribution >= 0.6 is 0 Å². The lowest BCUT2D eigenvalue weighted by molar-refractivity contribution is 0.0587. The molecule has 0 saturated carbocycles. The molecule has 1 fully saturated rings. The Morgan fingerprint density at radius 1 is 1.07 bits per heavy atom. The van der Waals surface area contributed by atoms with Crippen molar-refractivity contribution in [3.8, 4) is 0 Å². The van der Waals surface area contributed by atoms with E-state index >= 15 is 0 Å². The number of rotatable bonds is 6. The van der Waals surface area contributed by atoms with Gasteiger partial charge in [0.25, 0.3) is 0 Å². The molecule has 1 aliphatic rings. The van der Waals surface area contributed by atoms with Crippen molar-refractivity contribution in [1.29, 1.82) is 0 Å². The van der Waals surface area contributed by atoms with E-state index in [4.69, 9.17) is 9.47 Å². The van der Waals surface area contributed by atoms with Crippen molar-refractivity contribution in [1.82, 2.24) is 9.88 Å². The summed E-state index contributed by atoms with van der Waals surface area (Å²) in [4.78, 5) is 29.9. The van der Waals surface area contributed by atoms with Gasteiger partial charge in [-0.3, -0.25) is 4.90 Å². The summed E-state index contributed by atoms with van der Waals surface area (Å²) in [6, 6.07) is 13.1. The molecule has 3 rings (SSSR count). The fourth-order valence-electron chi connectivity index (χ4n) is 3.47. The highest BCUT2D eigenvalue weighted by Gasteiger charge is 2.23. The van der Waals surface area contributed by atoms with E-state index in [1.165, 1.54) is 19.8 Å². The van der Waals surface area contributed by atoms with E-state index in [-0.39, 0.29) is 5.97 Å². The highest BCUT2D eigenvalue weighted by Crippen LogP contribution is 2.22. The van der Waals surface area contributed by atoms with Gasteiger partial charge < -0.3 is 9.47 Å². The molecule has 2 heterocycles. The molecule has 2 aromatic rings. The van der Waals surface area contributed by atoms with Gasteiger partial charge in [0, 0.05) is 13.1 Å². The zero-order valence-electron chi connectivity index (χ0n) is 15.7. The van der Waals surface area contributed by atoms with Crippen LogP contribution in [0.15, 0.2) is 42.5 Å². The number of carbonyl (C=O) groups excluding carboxylic acids is 2. The molecule has 1 aromatic carbocycles. The lowest BCUT2D eigenvalue weighted by Gasteiger charge is -2.16. The first-order chi connectivity index (χ1) is 13.1. The van der Waals surface area contributed by atoms with Crippen molar-refractivity contribution in [2.75, 3.05) is 27.3 Å². The minimum atomic E-state index is -0.411. The third kappa shape index (κ3) is 4.92. The molecule has 6 nitrogen and oxygen atoms in total. The van der Waals surface area contributed by atoms with E-state index in [1.807, 2.05) is 36.4 Å². The van der Waals surface area contributed by atoms with Crippen molar-refractivity contribution < 1.29 is 19.1 Å². The summed E-state index contributed by atoms with van der Waals surface area (Å²) in [7, 11) is 2.75. The van der Waals surface area contributed by atoms with E-state index < -0.39 is 5.97 Å². The van der Waals surface area contributed by atoms with Gasteiger partial charge in [0.15, 0.2) is 0 Å². The smallest absolute Gasteiger partial charge is 0.356 e. The summed E-state index contributed by atoms with van der Waals surface area (Å²) < 4.78 is 9.46. The number of hydrogen-bond donors (Lipinski definition) is 0.